The minimum absolute atomic E-state index is 0.0976. The molecule has 0 radical (unpaired) electrons. The number of hydrogen-bond acceptors (Lipinski definition) is 3. The Hall–Kier alpha value is -1.12. The van der Waals surface area contributed by atoms with Crippen LogP contribution in [0, 0.1) is 0 Å². The average Bonchev–Trinajstić information content (AvgIpc) is 2.09. The van der Waals surface area contributed by atoms with Crippen LogP contribution in [-0.2, 0) is 14.3 Å². The fraction of sp³-hybridized carbons (Fsp3) is 0.600. The van der Waals surface area contributed by atoms with Gasteiger partial charge in [0.25, 0.3) is 0 Å². The van der Waals surface area contributed by atoms with Gasteiger partial charge in [0.05, 0.1) is 0 Å². The predicted molar refractivity (Wildman–Crippen MR) is 50.1 cm³/mol. The monoisotopic (exact) mass is 184 g/mol. The molecular weight excluding hydrogens is 168 g/mol. The zero-order chi connectivity index (χ0) is 10.3. The summed E-state index contributed by atoms with van der Waals surface area (Å²) in [5.74, 6) is -0.376. The van der Waals surface area contributed by atoms with Crippen molar-refractivity contribution in [2.24, 2.45) is 0 Å². The Morgan fingerprint density at radius 3 is 2.38 bits per heavy atom. The molecule has 0 heterocycles. The number of carbonyl (C=O) groups is 2. The first kappa shape index (κ1) is 11.9. The topological polar surface area (TPSA) is 43.4 Å². The van der Waals surface area contributed by atoms with Gasteiger partial charge in [-0.05, 0) is 19.4 Å². The summed E-state index contributed by atoms with van der Waals surface area (Å²) in [5, 5.41) is 0. The molecule has 0 bridgehead atoms. The number of carbonyl (C=O) groups excluding carboxylic acids is 2. The van der Waals surface area contributed by atoms with Crippen molar-refractivity contribution in [3.8, 4) is 0 Å². The molecule has 3 heteroatoms. The van der Waals surface area contributed by atoms with E-state index in [0.717, 1.165) is 12.8 Å². The molecule has 0 aliphatic rings. The second-order valence-electron chi connectivity index (χ2n) is 2.77. The molecular formula is C10H16O3. The number of hydrogen-bond donors (Lipinski definition) is 0. The van der Waals surface area contributed by atoms with E-state index in [0.29, 0.717) is 6.42 Å². The van der Waals surface area contributed by atoms with Crippen LogP contribution >= 0.6 is 0 Å². The van der Waals surface area contributed by atoms with Crippen LogP contribution in [0.25, 0.3) is 0 Å². The van der Waals surface area contributed by atoms with E-state index in [4.69, 9.17) is 4.74 Å². The van der Waals surface area contributed by atoms with Crippen LogP contribution < -0.4 is 0 Å². The largest absolute Gasteiger partial charge is 0.423 e. The lowest BCUT2D eigenvalue weighted by Crippen LogP contribution is -2.09. The summed E-state index contributed by atoms with van der Waals surface area (Å²) < 4.78 is 4.73. The molecule has 3 nitrogen and oxygen atoms in total. The van der Waals surface area contributed by atoms with Gasteiger partial charge in [0.2, 0.25) is 0 Å². The first-order chi connectivity index (χ1) is 6.11. The fourth-order valence-corrected chi connectivity index (χ4v) is 0.892. The van der Waals surface area contributed by atoms with Gasteiger partial charge in [-0.25, -0.2) is 0 Å². The van der Waals surface area contributed by atoms with Gasteiger partial charge in [0, 0.05) is 13.3 Å². The van der Waals surface area contributed by atoms with Crippen LogP contribution in [0.5, 0.6) is 0 Å². The Balaban J connectivity index is 4.09. The molecule has 0 saturated heterocycles. The van der Waals surface area contributed by atoms with Crippen molar-refractivity contribution in [3.63, 3.8) is 0 Å². The van der Waals surface area contributed by atoms with Crippen molar-refractivity contribution in [2.45, 2.75) is 40.0 Å². The third-order valence-electron chi connectivity index (χ3n) is 1.55. The second kappa shape index (κ2) is 6.40. The number of esters is 1. The molecule has 0 aliphatic carbocycles. The van der Waals surface area contributed by atoms with E-state index in [1.165, 1.54) is 13.0 Å². The van der Waals surface area contributed by atoms with Crippen molar-refractivity contribution in [3.05, 3.63) is 11.8 Å². The van der Waals surface area contributed by atoms with Gasteiger partial charge < -0.3 is 4.74 Å². The van der Waals surface area contributed by atoms with Crippen LogP contribution in [0.4, 0.5) is 0 Å². The number of ether oxygens (including phenoxy) is 1. The lowest BCUT2D eigenvalue weighted by Gasteiger charge is -2.04. The maximum atomic E-state index is 11.3. The van der Waals surface area contributed by atoms with Gasteiger partial charge >= 0.3 is 5.97 Å². The maximum Gasteiger partial charge on any atom is 0.308 e. The Bertz CT molecular complexity index is 216. The van der Waals surface area contributed by atoms with Gasteiger partial charge in [0.15, 0.2) is 11.5 Å². The molecule has 0 N–H and O–H groups in total. The minimum Gasteiger partial charge on any atom is -0.423 e. The Morgan fingerprint density at radius 1 is 1.38 bits per heavy atom. The molecule has 0 aromatic rings. The summed E-state index contributed by atoms with van der Waals surface area (Å²) in [5.41, 5.74) is 0. The summed E-state index contributed by atoms with van der Waals surface area (Å²) in [6.07, 6.45) is 3.77. The van der Waals surface area contributed by atoms with Crippen LogP contribution in [0.1, 0.15) is 40.0 Å². The first-order valence-electron chi connectivity index (χ1n) is 4.49. The highest BCUT2D eigenvalue weighted by Crippen LogP contribution is 2.06. The van der Waals surface area contributed by atoms with Crippen molar-refractivity contribution in [1.82, 2.24) is 0 Å². The summed E-state index contributed by atoms with van der Waals surface area (Å²) in [7, 11) is 0. The van der Waals surface area contributed by atoms with E-state index < -0.39 is 5.97 Å². The van der Waals surface area contributed by atoms with Crippen LogP contribution in [0.15, 0.2) is 11.8 Å². The molecule has 0 aliphatic heterocycles. The normalized spacial score (nSPS) is 11.2. The number of allylic oxidation sites excluding steroid dienone is 2. The number of unbranched alkanes of at least 4 members (excludes halogenated alkanes) is 1. The van der Waals surface area contributed by atoms with E-state index in [1.807, 2.05) is 6.92 Å². The lowest BCUT2D eigenvalue weighted by atomic mass is 10.1. The molecule has 74 valence electrons. The van der Waals surface area contributed by atoms with Crippen LogP contribution in [0.2, 0.25) is 0 Å². The van der Waals surface area contributed by atoms with Gasteiger partial charge in [-0.2, -0.15) is 0 Å². The van der Waals surface area contributed by atoms with E-state index in [2.05, 4.69) is 0 Å². The van der Waals surface area contributed by atoms with Crippen molar-refractivity contribution < 1.29 is 14.3 Å². The number of rotatable bonds is 5. The SMILES string of the molecule is C/C=C(/OC(C)=O)C(=O)CCCC. The number of ketones is 1. The zero-order valence-corrected chi connectivity index (χ0v) is 8.42. The Morgan fingerprint density at radius 2 is 2.00 bits per heavy atom. The summed E-state index contributed by atoms with van der Waals surface area (Å²) in [6, 6.07) is 0. The summed E-state index contributed by atoms with van der Waals surface area (Å²) >= 11 is 0. The highest BCUT2D eigenvalue weighted by Gasteiger charge is 2.10. The van der Waals surface area contributed by atoms with Gasteiger partial charge in [0.1, 0.15) is 0 Å². The third-order valence-corrected chi connectivity index (χ3v) is 1.55. The molecule has 0 aromatic heterocycles. The molecule has 0 saturated carbocycles. The van der Waals surface area contributed by atoms with E-state index in [-0.39, 0.29) is 11.5 Å². The van der Waals surface area contributed by atoms with E-state index >= 15 is 0 Å². The predicted octanol–water partition coefficient (Wildman–Crippen LogP) is 2.21. The van der Waals surface area contributed by atoms with Gasteiger partial charge in [-0.3, -0.25) is 9.59 Å². The highest BCUT2D eigenvalue weighted by atomic mass is 16.5. The molecule has 0 fully saturated rings. The average molecular weight is 184 g/mol. The minimum atomic E-state index is -0.446. The zero-order valence-electron chi connectivity index (χ0n) is 8.42. The van der Waals surface area contributed by atoms with Crippen molar-refractivity contribution in [2.75, 3.05) is 0 Å². The van der Waals surface area contributed by atoms with Gasteiger partial charge in [-0.1, -0.05) is 13.3 Å². The third kappa shape index (κ3) is 5.17. The number of Topliss-reactive ketones (excluding diaryl/α,β-unsaturated/α-hetero) is 1. The molecule has 0 amide bonds. The van der Waals surface area contributed by atoms with Crippen LogP contribution in [0.3, 0.4) is 0 Å². The maximum absolute atomic E-state index is 11.3. The molecule has 0 atom stereocenters. The Labute approximate surface area is 78.8 Å². The van der Waals surface area contributed by atoms with E-state index in [9.17, 15) is 9.59 Å². The highest BCUT2D eigenvalue weighted by molar-refractivity contribution is 5.95. The lowest BCUT2D eigenvalue weighted by molar-refractivity contribution is -0.140. The first-order valence-corrected chi connectivity index (χ1v) is 4.49. The Kier molecular flexibility index (Phi) is 5.85. The van der Waals surface area contributed by atoms with Gasteiger partial charge in [-0.15, -0.1) is 0 Å². The van der Waals surface area contributed by atoms with Crippen molar-refractivity contribution in [1.29, 1.82) is 0 Å². The summed E-state index contributed by atoms with van der Waals surface area (Å²) in [4.78, 5) is 21.9. The quantitative estimate of drug-likeness (QED) is 0.374. The molecule has 0 unspecified atom stereocenters. The van der Waals surface area contributed by atoms with Crippen molar-refractivity contribution >= 4 is 11.8 Å². The molecule has 0 aromatic carbocycles. The summed E-state index contributed by atoms with van der Waals surface area (Å²) in [6.45, 7) is 4.98. The fourth-order valence-electron chi connectivity index (χ4n) is 0.892. The molecule has 0 spiro atoms. The molecule has 0 rings (SSSR count). The smallest absolute Gasteiger partial charge is 0.308 e. The molecule has 13 heavy (non-hydrogen) atoms. The second-order valence-corrected chi connectivity index (χ2v) is 2.77. The van der Waals surface area contributed by atoms with Crippen LogP contribution in [-0.4, -0.2) is 11.8 Å². The standard InChI is InChI=1S/C10H16O3/c1-4-6-7-9(12)10(5-2)13-8(3)11/h5H,4,6-7H2,1-3H3/b10-5+. The van der Waals surface area contributed by atoms with E-state index in [1.54, 1.807) is 6.92 Å².